The highest BCUT2D eigenvalue weighted by Crippen LogP contribution is 2.29. The summed E-state index contributed by atoms with van der Waals surface area (Å²) < 4.78 is 33.6. The first-order valence-corrected chi connectivity index (χ1v) is 12.4. The van der Waals surface area contributed by atoms with Gasteiger partial charge in [0.05, 0.1) is 22.2 Å². The zero-order valence-corrected chi connectivity index (χ0v) is 20.2. The number of carbonyl (C=O) groups is 1. The van der Waals surface area contributed by atoms with Crippen LogP contribution in [0.4, 0.5) is 0 Å². The van der Waals surface area contributed by atoms with Crippen molar-refractivity contribution in [2.24, 2.45) is 0 Å². The van der Waals surface area contributed by atoms with Gasteiger partial charge in [-0.05, 0) is 43.5 Å². The molecular weight excluding hydrogens is 459 g/mol. The van der Waals surface area contributed by atoms with Crippen molar-refractivity contribution in [2.75, 3.05) is 6.61 Å². The van der Waals surface area contributed by atoms with Crippen LogP contribution >= 0.6 is 23.2 Å². The Bertz CT molecular complexity index is 1010. The van der Waals surface area contributed by atoms with Crippen molar-refractivity contribution in [2.45, 2.75) is 57.7 Å². The smallest absolute Gasteiger partial charge is 0.253 e. The predicted octanol–water partition coefficient (Wildman–Crippen LogP) is 4.93. The van der Waals surface area contributed by atoms with Gasteiger partial charge >= 0.3 is 0 Å². The Morgan fingerprint density at radius 3 is 2.42 bits per heavy atom. The van der Waals surface area contributed by atoms with Crippen LogP contribution in [0, 0.1) is 0 Å². The molecule has 6 nitrogen and oxygen atoms in total. The molecule has 0 aliphatic rings. The second-order valence-corrected chi connectivity index (χ2v) is 9.66. The molecule has 2 aromatic carbocycles. The standard InChI is InChI=1S/C22H28Cl2N2O4S/c1-4-8-15(3)26-31(28,29)21-11-18(19(23)12-20(21)24)22(27)25-13-16-9-6-7-10-17(16)14-30-5-2/h6-7,9-12,15,26H,4-5,8,13-14H2,1-3H3,(H,25,27). The number of hydrogen-bond donors (Lipinski definition) is 2. The quantitative estimate of drug-likeness (QED) is 0.471. The van der Waals surface area contributed by atoms with Gasteiger partial charge in [0.15, 0.2) is 0 Å². The molecular formula is C22H28Cl2N2O4S. The van der Waals surface area contributed by atoms with E-state index >= 15 is 0 Å². The second-order valence-electron chi connectivity index (χ2n) is 7.16. The molecule has 2 rings (SSSR count). The molecule has 0 radical (unpaired) electrons. The number of amides is 1. The Kier molecular flexibility index (Phi) is 9.78. The first-order valence-electron chi connectivity index (χ1n) is 10.1. The lowest BCUT2D eigenvalue weighted by atomic mass is 10.1. The van der Waals surface area contributed by atoms with E-state index in [0.29, 0.717) is 19.6 Å². The fourth-order valence-corrected chi connectivity index (χ4v) is 5.22. The van der Waals surface area contributed by atoms with Crippen LogP contribution in [0.15, 0.2) is 41.3 Å². The summed E-state index contributed by atoms with van der Waals surface area (Å²) >= 11 is 12.3. The monoisotopic (exact) mass is 486 g/mol. The molecule has 0 saturated heterocycles. The maximum Gasteiger partial charge on any atom is 0.253 e. The molecule has 0 aliphatic carbocycles. The van der Waals surface area contributed by atoms with E-state index < -0.39 is 15.9 Å². The number of rotatable bonds is 11. The predicted molar refractivity (Wildman–Crippen MR) is 124 cm³/mol. The maximum atomic E-state index is 12.8. The van der Waals surface area contributed by atoms with Gasteiger partial charge in [0.1, 0.15) is 4.90 Å². The van der Waals surface area contributed by atoms with Crippen molar-refractivity contribution in [3.8, 4) is 0 Å². The highest BCUT2D eigenvalue weighted by atomic mass is 35.5. The van der Waals surface area contributed by atoms with Crippen LogP contribution < -0.4 is 10.0 Å². The van der Waals surface area contributed by atoms with E-state index in [0.717, 1.165) is 17.5 Å². The van der Waals surface area contributed by atoms with Crippen LogP contribution in [0.5, 0.6) is 0 Å². The van der Waals surface area contributed by atoms with Crippen LogP contribution in [0.2, 0.25) is 10.0 Å². The molecule has 0 fully saturated rings. The molecule has 31 heavy (non-hydrogen) atoms. The van der Waals surface area contributed by atoms with Crippen molar-refractivity contribution in [1.29, 1.82) is 0 Å². The first-order chi connectivity index (χ1) is 14.7. The maximum absolute atomic E-state index is 12.8. The molecule has 1 atom stereocenters. The van der Waals surface area contributed by atoms with Gasteiger partial charge in [-0.1, -0.05) is 60.8 Å². The Labute approximate surface area is 194 Å². The summed E-state index contributed by atoms with van der Waals surface area (Å²) in [6, 6.07) is 9.83. The average Bonchev–Trinajstić information content (AvgIpc) is 2.70. The van der Waals surface area contributed by atoms with E-state index in [9.17, 15) is 13.2 Å². The summed E-state index contributed by atoms with van der Waals surface area (Å²) in [5, 5.41) is 2.83. The molecule has 0 bridgehead atoms. The highest BCUT2D eigenvalue weighted by Gasteiger charge is 2.24. The van der Waals surface area contributed by atoms with Crippen LogP contribution in [0.1, 0.15) is 55.1 Å². The zero-order valence-electron chi connectivity index (χ0n) is 17.9. The van der Waals surface area contributed by atoms with E-state index in [1.54, 1.807) is 6.92 Å². The minimum atomic E-state index is -3.91. The van der Waals surface area contributed by atoms with E-state index in [1.807, 2.05) is 38.1 Å². The molecule has 0 heterocycles. The summed E-state index contributed by atoms with van der Waals surface area (Å²) in [5.41, 5.74) is 1.90. The minimum absolute atomic E-state index is 0.0388. The van der Waals surface area contributed by atoms with E-state index in [2.05, 4.69) is 10.0 Å². The van der Waals surface area contributed by atoms with Gasteiger partial charge in [-0.25, -0.2) is 13.1 Å². The van der Waals surface area contributed by atoms with Crippen LogP contribution in [-0.2, 0) is 27.9 Å². The summed E-state index contributed by atoms with van der Waals surface area (Å²) in [4.78, 5) is 12.6. The lowest BCUT2D eigenvalue weighted by Gasteiger charge is -2.16. The number of nitrogens with one attached hydrogen (secondary N) is 2. The molecule has 2 N–H and O–H groups in total. The molecule has 1 unspecified atom stereocenters. The fourth-order valence-electron chi connectivity index (χ4n) is 3.08. The molecule has 0 aromatic heterocycles. The number of halogens is 2. The van der Waals surface area contributed by atoms with Gasteiger partial charge in [0.2, 0.25) is 10.0 Å². The third kappa shape index (κ3) is 7.19. The number of benzene rings is 2. The van der Waals surface area contributed by atoms with Crippen molar-refractivity contribution >= 4 is 39.1 Å². The first kappa shape index (κ1) is 25.6. The highest BCUT2D eigenvalue weighted by molar-refractivity contribution is 7.89. The molecule has 0 aliphatic heterocycles. The van der Waals surface area contributed by atoms with Gasteiger partial charge < -0.3 is 10.1 Å². The second kappa shape index (κ2) is 11.8. The molecule has 1 amide bonds. The lowest BCUT2D eigenvalue weighted by molar-refractivity contribution is 0.0949. The van der Waals surface area contributed by atoms with Gasteiger partial charge in [0.25, 0.3) is 5.91 Å². The van der Waals surface area contributed by atoms with Crippen molar-refractivity contribution < 1.29 is 17.9 Å². The number of hydrogen-bond acceptors (Lipinski definition) is 4. The Balaban J connectivity index is 2.23. The van der Waals surface area contributed by atoms with Crippen LogP contribution in [-0.4, -0.2) is 27.0 Å². The average molecular weight is 487 g/mol. The SMILES string of the molecule is CCCC(C)NS(=O)(=O)c1cc(C(=O)NCc2ccccc2COCC)c(Cl)cc1Cl. The van der Waals surface area contributed by atoms with Gasteiger partial charge in [-0.3, -0.25) is 4.79 Å². The third-order valence-corrected chi connectivity index (χ3v) is 7.02. The molecule has 2 aromatic rings. The fraction of sp³-hybridized carbons (Fsp3) is 0.409. The number of sulfonamides is 1. The summed E-state index contributed by atoms with van der Waals surface area (Å²) in [5.74, 6) is -0.495. The Morgan fingerprint density at radius 1 is 1.10 bits per heavy atom. The minimum Gasteiger partial charge on any atom is -0.377 e. The topological polar surface area (TPSA) is 84.5 Å². The van der Waals surface area contributed by atoms with E-state index in [1.165, 1.54) is 12.1 Å². The van der Waals surface area contributed by atoms with E-state index in [4.69, 9.17) is 27.9 Å². The zero-order chi connectivity index (χ0) is 23.0. The molecule has 170 valence electrons. The normalized spacial score (nSPS) is 12.5. The third-order valence-electron chi connectivity index (χ3n) is 4.65. The number of ether oxygens (including phenoxy) is 1. The molecule has 9 heteroatoms. The lowest BCUT2D eigenvalue weighted by Crippen LogP contribution is -2.33. The summed E-state index contributed by atoms with van der Waals surface area (Å²) in [6.07, 6.45) is 1.51. The van der Waals surface area contributed by atoms with Crippen LogP contribution in [0.25, 0.3) is 0 Å². The van der Waals surface area contributed by atoms with Crippen LogP contribution in [0.3, 0.4) is 0 Å². The Hall–Kier alpha value is -1.64. The van der Waals surface area contributed by atoms with Gasteiger partial charge in [0, 0.05) is 19.2 Å². The van der Waals surface area contributed by atoms with Crippen molar-refractivity contribution in [3.63, 3.8) is 0 Å². The number of carbonyl (C=O) groups excluding carboxylic acids is 1. The largest absolute Gasteiger partial charge is 0.377 e. The molecule has 0 saturated carbocycles. The Morgan fingerprint density at radius 2 is 1.77 bits per heavy atom. The molecule has 0 spiro atoms. The summed E-state index contributed by atoms with van der Waals surface area (Å²) in [7, 11) is -3.91. The summed E-state index contributed by atoms with van der Waals surface area (Å²) in [6.45, 7) is 6.93. The van der Waals surface area contributed by atoms with Crippen molar-refractivity contribution in [1.82, 2.24) is 10.0 Å². The van der Waals surface area contributed by atoms with Crippen molar-refractivity contribution in [3.05, 3.63) is 63.1 Å². The van der Waals surface area contributed by atoms with E-state index in [-0.39, 0.29) is 33.1 Å². The van der Waals surface area contributed by atoms with Gasteiger partial charge in [-0.2, -0.15) is 0 Å². The van der Waals surface area contributed by atoms with Gasteiger partial charge in [-0.15, -0.1) is 0 Å².